The van der Waals surface area contributed by atoms with Crippen LogP contribution in [0.1, 0.15) is 30.0 Å². The Balaban J connectivity index is 2.55. The van der Waals surface area contributed by atoms with E-state index in [-0.39, 0.29) is 25.2 Å². The smallest absolute Gasteiger partial charge is 0.258 e. The van der Waals surface area contributed by atoms with Gasteiger partial charge in [-0.25, -0.2) is 0 Å². The number of aliphatic hydroxyl groups excluding tert-OH is 1. The van der Waals surface area contributed by atoms with Gasteiger partial charge in [0.25, 0.3) is 5.91 Å². The van der Waals surface area contributed by atoms with Gasteiger partial charge in [0.15, 0.2) is 6.61 Å². The average molecular weight is 265 g/mol. The lowest BCUT2D eigenvalue weighted by Crippen LogP contribution is -2.36. The molecule has 0 aliphatic heterocycles. The van der Waals surface area contributed by atoms with Gasteiger partial charge in [-0.2, -0.15) is 0 Å². The molecular formula is C15H23NO3. The van der Waals surface area contributed by atoms with Crippen LogP contribution in [0.5, 0.6) is 5.75 Å². The molecule has 1 atom stereocenters. The SMILES string of the molecule is Cc1cc(C)c(OCC(=O)NC(C)CCO)c(C)c1. The monoisotopic (exact) mass is 265 g/mol. The number of nitrogens with one attached hydrogen (secondary N) is 1. The number of carbonyl (C=O) groups is 1. The highest BCUT2D eigenvalue weighted by molar-refractivity contribution is 5.77. The first-order chi connectivity index (χ1) is 8.93. The summed E-state index contributed by atoms with van der Waals surface area (Å²) in [5, 5.41) is 11.6. The maximum atomic E-state index is 11.7. The summed E-state index contributed by atoms with van der Waals surface area (Å²) in [6.07, 6.45) is 0.550. The van der Waals surface area contributed by atoms with Gasteiger partial charge in [-0.3, -0.25) is 4.79 Å². The Morgan fingerprint density at radius 2 is 1.89 bits per heavy atom. The third-order valence-corrected chi connectivity index (χ3v) is 2.92. The van der Waals surface area contributed by atoms with E-state index in [1.165, 1.54) is 5.56 Å². The predicted molar refractivity (Wildman–Crippen MR) is 75.5 cm³/mol. The number of hydrogen-bond donors (Lipinski definition) is 2. The fourth-order valence-electron chi connectivity index (χ4n) is 2.11. The van der Waals surface area contributed by atoms with E-state index < -0.39 is 0 Å². The maximum absolute atomic E-state index is 11.7. The van der Waals surface area contributed by atoms with Crippen molar-refractivity contribution in [1.29, 1.82) is 0 Å². The molecule has 0 aliphatic carbocycles. The lowest BCUT2D eigenvalue weighted by Gasteiger charge is -2.15. The second-order valence-electron chi connectivity index (χ2n) is 5.00. The molecule has 1 aromatic carbocycles. The Morgan fingerprint density at radius 1 is 1.32 bits per heavy atom. The third kappa shape index (κ3) is 4.91. The van der Waals surface area contributed by atoms with Crippen LogP contribution in [0.25, 0.3) is 0 Å². The van der Waals surface area contributed by atoms with Gasteiger partial charge in [0.1, 0.15) is 5.75 Å². The zero-order chi connectivity index (χ0) is 14.4. The average Bonchev–Trinajstić information content (AvgIpc) is 2.27. The summed E-state index contributed by atoms with van der Waals surface area (Å²) in [6.45, 7) is 7.91. The Kier molecular flexibility index (Phi) is 5.83. The van der Waals surface area contributed by atoms with Crippen LogP contribution >= 0.6 is 0 Å². The van der Waals surface area contributed by atoms with E-state index in [0.29, 0.717) is 6.42 Å². The molecule has 1 rings (SSSR count). The Hall–Kier alpha value is -1.55. The summed E-state index contributed by atoms with van der Waals surface area (Å²) in [4.78, 5) is 11.7. The zero-order valence-electron chi connectivity index (χ0n) is 12.1. The van der Waals surface area contributed by atoms with Gasteiger partial charge in [0.05, 0.1) is 0 Å². The molecule has 0 fully saturated rings. The van der Waals surface area contributed by atoms with Crippen LogP contribution in [0.2, 0.25) is 0 Å². The van der Waals surface area contributed by atoms with Crippen molar-refractivity contribution in [3.8, 4) is 5.75 Å². The summed E-state index contributed by atoms with van der Waals surface area (Å²) < 4.78 is 5.59. The van der Waals surface area contributed by atoms with Gasteiger partial charge in [-0.05, 0) is 45.2 Å². The van der Waals surface area contributed by atoms with Crippen LogP contribution in [0, 0.1) is 20.8 Å². The first-order valence-corrected chi connectivity index (χ1v) is 6.55. The van der Waals surface area contributed by atoms with Crippen LogP contribution < -0.4 is 10.1 Å². The minimum absolute atomic E-state index is 0.000505. The standard InChI is InChI=1S/C15H23NO3/c1-10-7-11(2)15(12(3)8-10)19-9-14(18)16-13(4)5-6-17/h7-8,13,17H,5-6,9H2,1-4H3,(H,16,18). The number of carbonyl (C=O) groups excluding carboxylic acids is 1. The van der Waals surface area contributed by atoms with Crippen LogP contribution in [0.15, 0.2) is 12.1 Å². The van der Waals surface area contributed by atoms with Crippen molar-refractivity contribution in [3.63, 3.8) is 0 Å². The van der Waals surface area contributed by atoms with E-state index in [4.69, 9.17) is 9.84 Å². The molecule has 0 saturated carbocycles. The van der Waals surface area contributed by atoms with Crippen molar-refractivity contribution in [3.05, 3.63) is 28.8 Å². The molecule has 1 unspecified atom stereocenters. The number of aryl methyl sites for hydroxylation is 3. The normalized spacial score (nSPS) is 12.1. The van der Waals surface area contributed by atoms with Gasteiger partial charge in [-0.15, -0.1) is 0 Å². The minimum Gasteiger partial charge on any atom is -0.483 e. The first-order valence-electron chi connectivity index (χ1n) is 6.55. The highest BCUT2D eigenvalue weighted by atomic mass is 16.5. The highest BCUT2D eigenvalue weighted by Gasteiger charge is 2.10. The summed E-state index contributed by atoms with van der Waals surface area (Å²) in [6, 6.07) is 4.03. The van der Waals surface area contributed by atoms with Crippen LogP contribution in [0.4, 0.5) is 0 Å². The Morgan fingerprint density at radius 3 is 2.42 bits per heavy atom. The van der Waals surface area contributed by atoms with Crippen molar-refractivity contribution < 1.29 is 14.6 Å². The van der Waals surface area contributed by atoms with Crippen LogP contribution in [-0.4, -0.2) is 30.3 Å². The molecule has 106 valence electrons. The fourth-order valence-corrected chi connectivity index (χ4v) is 2.11. The van der Waals surface area contributed by atoms with Gasteiger partial charge >= 0.3 is 0 Å². The zero-order valence-corrected chi connectivity index (χ0v) is 12.1. The molecule has 0 bridgehead atoms. The van der Waals surface area contributed by atoms with E-state index in [2.05, 4.69) is 5.32 Å². The molecule has 0 spiro atoms. The van der Waals surface area contributed by atoms with Gasteiger partial charge < -0.3 is 15.2 Å². The molecule has 4 nitrogen and oxygen atoms in total. The van der Waals surface area contributed by atoms with Gasteiger partial charge in [0.2, 0.25) is 0 Å². The van der Waals surface area contributed by atoms with Crippen LogP contribution in [-0.2, 0) is 4.79 Å². The second-order valence-corrected chi connectivity index (χ2v) is 5.00. The van der Waals surface area contributed by atoms with E-state index in [9.17, 15) is 4.79 Å². The second kappa shape index (κ2) is 7.14. The van der Waals surface area contributed by atoms with Crippen molar-refractivity contribution in [2.24, 2.45) is 0 Å². The molecule has 0 radical (unpaired) electrons. The third-order valence-electron chi connectivity index (χ3n) is 2.92. The molecule has 1 amide bonds. The first kappa shape index (κ1) is 15.5. The van der Waals surface area contributed by atoms with E-state index in [1.54, 1.807) is 0 Å². The lowest BCUT2D eigenvalue weighted by atomic mass is 10.1. The summed E-state index contributed by atoms with van der Waals surface area (Å²) in [5.41, 5.74) is 3.26. The summed E-state index contributed by atoms with van der Waals surface area (Å²) >= 11 is 0. The quantitative estimate of drug-likeness (QED) is 0.825. The van der Waals surface area contributed by atoms with E-state index >= 15 is 0 Å². The highest BCUT2D eigenvalue weighted by Crippen LogP contribution is 2.24. The molecule has 0 aromatic heterocycles. The lowest BCUT2D eigenvalue weighted by molar-refractivity contribution is -0.123. The fraction of sp³-hybridized carbons (Fsp3) is 0.533. The van der Waals surface area contributed by atoms with Gasteiger partial charge in [0, 0.05) is 12.6 Å². The topological polar surface area (TPSA) is 58.6 Å². The Labute approximate surface area is 114 Å². The molecule has 1 aromatic rings. The number of aliphatic hydroxyl groups is 1. The van der Waals surface area contributed by atoms with Gasteiger partial charge in [-0.1, -0.05) is 17.7 Å². The van der Waals surface area contributed by atoms with Crippen molar-refractivity contribution in [1.82, 2.24) is 5.32 Å². The summed E-state index contributed by atoms with van der Waals surface area (Å²) in [5.74, 6) is 0.607. The molecule has 4 heteroatoms. The minimum atomic E-state index is -0.166. The molecular weight excluding hydrogens is 242 g/mol. The molecule has 0 heterocycles. The van der Waals surface area contributed by atoms with Crippen molar-refractivity contribution in [2.75, 3.05) is 13.2 Å². The largest absolute Gasteiger partial charge is 0.483 e. The van der Waals surface area contributed by atoms with Crippen molar-refractivity contribution in [2.45, 2.75) is 40.2 Å². The number of ether oxygens (including phenoxy) is 1. The molecule has 2 N–H and O–H groups in total. The number of benzene rings is 1. The van der Waals surface area contributed by atoms with E-state index in [1.807, 2.05) is 39.8 Å². The number of hydrogen-bond acceptors (Lipinski definition) is 3. The molecule has 0 saturated heterocycles. The van der Waals surface area contributed by atoms with Crippen LogP contribution in [0.3, 0.4) is 0 Å². The number of rotatable bonds is 6. The van der Waals surface area contributed by atoms with E-state index in [0.717, 1.165) is 16.9 Å². The Bertz CT molecular complexity index is 420. The van der Waals surface area contributed by atoms with Crippen molar-refractivity contribution >= 4 is 5.91 Å². The maximum Gasteiger partial charge on any atom is 0.258 e. The predicted octanol–water partition coefficient (Wildman–Crippen LogP) is 1.88. The number of amides is 1. The molecule has 19 heavy (non-hydrogen) atoms. The summed E-state index contributed by atoms with van der Waals surface area (Å²) in [7, 11) is 0. The molecule has 0 aliphatic rings.